The molecule has 0 saturated heterocycles. The number of rotatable bonds is 9. The number of para-hydroxylation sites is 1. The van der Waals surface area contributed by atoms with E-state index in [2.05, 4.69) is 29.9 Å². The molecule has 13 heteroatoms. The molecule has 0 aliphatic heterocycles. The summed E-state index contributed by atoms with van der Waals surface area (Å²) >= 11 is 0. The molecule has 0 bridgehead atoms. The third kappa shape index (κ3) is 5.21. The molecule has 0 fully saturated rings. The van der Waals surface area contributed by atoms with Gasteiger partial charge in [-0.05, 0) is 37.6 Å². The average molecular weight is 528 g/mol. The Hall–Kier alpha value is -4.13. The molecule has 0 spiro atoms. The highest BCUT2D eigenvalue weighted by molar-refractivity contribution is 7.93. The number of anilines is 1. The third-order valence-corrected chi connectivity index (χ3v) is 7.75. The number of halogens is 1. The number of ether oxygens (including phenoxy) is 2. The van der Waals surface area contributed by atoms with Crippen molar-refractivity contribution >= 4 is 16.0 Å². The first-order valence-corrected chi connectivity index (χ1v) is 12.8. The van der Waals surface area contributed by atoms with E-state index in [0.717, 1.165) is 18.0 Å². The highest BCUT2D eigenvalue weighted by Gasteiger charge is 2.32. The van der Waals surface area contributed by atoms with E-state index in [9.17, 15) is 12.8 Å². The fourth-order valence-electron chi connectivity index (χ4n) is 3.73. The highest BCUT2D eigenvalue weighted by Crippen LogP contribution is 2.38. The number of aromatic nitrogens is 6. The van der Waals surface area contributed by atoms with Crippen LogP contribution in [-0.4, -0.2) is 57.6 Å². The smallest absolute Gasteiger partial charge is 0.243 e. The minimum atomic E-state index is -4.06. The van der Waals surface area contributed by atoms with Crippen LogP contribution in [0, 0.1) is 12.7 Å². The molecular formula is C24H26FN7O4S. The summed E-state index contributed by atoms with van der Waals surface area (Å²) in [6, 6.07) is 7.02. The minimum Gasteiger partial charge on any atom is -0.494 e. The molecular weight excluding hydrogens is 501 g/mol. The van der Waals surface area contributed by atoms with Crippen molar-refractivity contribution in [3.63, 3.8) is 0 Å². The molecule has 4 aromatic rings. The van der Waals surface area contributed by atoms with Crippen LogP contribution in [0.1, 0.15) is 31.2 Å². The van der Waals surface area contributed by atoms with E-state index in [1.807, 2.05) is 13.0 Å². The Kier molecular flexibility index (Phi) is 7.34. The lowest BCUT2D eigenvalue weighted by atomic mass is 10.1. The maximum atomic E-state index is 13.5. The second kappa shape index (κ2) is 10.5. The summed E-state index contributed by atoms with van der Waals surface area (Å²) in [4.78, 5) is 12.1. The highest BCUT2D eigenvalue weighted by atomic mass is 32.2. The topological polar surface area (TPSA) is 134 Å². The molecule has 37 heavy (non-hydrogen) atoms. The molecule has 4 rings (SSSR count). The van der Waals surface area contributed by atoms with Gasteiger partial charge in [-0.2, -0.15) is 0 Å². The van der Waals surface area contributed by atoms with Crippen molar-refractivity contribution in [2.24, 2.45) is 0 Å². The normalized spacial score (nSPS) is 13.1. The number of hydrogen-bond acceptors (Lipinski definition) is 9. The van der Waals surface area contributed by atoms with Gasteiger partial charge < -0.3 is 9.47 Å². The van der Waals surface area contributed by atoms with Gasteiger partial charge in [0, 0.05) is 23.9 Å². The van der Waals surface area contributed by atoms with Crippen molar-refractivity contribution in [1.29, 1.82) is 0 Å². The van der Waals surface area contributed by atoms with Crippen LogP contribution < -0.4 is 14.2 Å². The number of benzene rings is 1. The number of nitrogens with one attached hydrogen (secondary N) is 1. The molecule has 3 aromatic heterocycles. The van der Waals surface area contributed by atoms with Gasteiger partial charge in [0.05, 0.1) is 31.9 Å². The zero-order valence-electron chi connectivity index (χ0n) is 20.9. The predicted octanol–water partition coefficient (Wildman–Crippen LogP) is 3.52. The molecule has 3 heterocycles. The molecule has 0 aliphatic rings. The first kappa shape index (κ1) is 25.9. The summed E-state index contributed by atoms with van der Waals surface area (Å²) in [5.41, 5.74) is 1.88. The van der Waals surface area contributed by atoms with E-state index in [1.54, 1.807) is 37.5 Å². The lowest BCUT2D eigenvalue weighted by molar-refractivity contribution is 0.391. The van der Waals surface area contributed by atoms with Crippen molar-refractivity contribution in [3.8, 4) is 28.6 Å². The van der Waals surface area contributed by atoms with Gasteiger partial charge in [0.2, 0.25) is 16.0 Å². The van der Waals surface area contributed by atoms with Crippen molar-refractivity contribution in [3.05, 3.63) is 66.3 Å². The Morgan fingerprint density at radius 1 is 1.00 bits per heavy atom. The summed E-state index contributed by atoms with van der Waals surface area (Å²) < 4.78 is 55.4. The van der Waals surface area contributed by atoms with Crippen molar-refractivity contribution in [1.82, 2.24) is 29.7 Å². The summed E-state index contributed by atoms with van der Waals surface area (Å²) in [5.74, 6) is -0.0289. The van der Waals surface area contributed by atoms with Gasteiger partial charge in [-0.3, -0.25) is 14.3 Å². The molecule has 0 saturated carbocycles. The SMILES string of the molecule is COc1cccc(OC)c1-n1c(NS(=O)(=O)[C@H](C)[C@@H](C)c2ncc(F)cn2)nnc1-c1cncc(C)c1. The number of methoxy groups -OCH3 is 2. The van der Waals surface area contributed by atoms with Crippen LogP contribution in [0.25, 0.3) is 17.1 Å². The Morgan fingerprint density at radius 2 is 1.65 bits per heavy atom. The number of pyridine rings is 1. The van der Waals surface area contributed by atoms with Gasteiger partial charge in [-0.25, -0.2) is 22.8 Å². The van der Waals surface area contributed by atoms with Crippen LogP contribution in [0.4, 0.5) is 10.3 Å². The van der Waals surface area contributed by atoms with Crippen LogP contribution in [0.3, 0.4) is 0 Å². The van der Waals surface area contributed by atoms with Crippen molar-refractivity contribution < 1.29 is 22.3 Å². The monoisotopic (exact) mass is 527 g/mol. The predicted molar refractivity (Wildman–Crippen MR) is 135 cm³/mol. The molecule has 1 aromatic carbocycles. The fraction of sp³-hybridized carbons (Fsp3) is 0.292. The first-order chi connectivity index (χ1) is 17.7. The Morgan fingerprint density at radius 3 is 2.24 bits per heavy atom. The summed E-state index contributed by atoms with van der Waals surface area (Å²) in [6.07, 6.45) is 5.29. The Bertz CT molecular complexity index is 1490. The first-order valence-electron chi connectivity index (χ1n) is 11.2. The zero-order chi connectivity index (χ0) is 26.7. The van der Waals surface area contributed by atoms with Crippen LogP contribution >= 0.6 is 0 Å². The van der Waals surface area contributed by atoms with Gasteiger partial charge in [-0.15, -0.1) is 10.2 Å². The zero-order valence-corrected chi connectivity index (χ0v) is 21.7. The molecule has 11 nitrogen and oxygen atoms in total. The third-order valence-electron chi connectivity index (χ3n) is 5.90. The minimum absolute atomic E-state index is 0.0848. The summed E-state index contributed by atoms with van der Waals surface area (Å²) in [5, 5.41) is 7.44. The van der Waals surface area contributed by atoms with E-state index < -0.39 is 27.0 Å². The second-order valence-electron chi connectivity index (χ2n) is 8.35. The van der Waals surface area contributed by atoms with Gasteiger partial charge in [0.1, 0.15) is 23.0 Å². The lowest BCUT2D eigenvalue weighted by Gasteiger charge is -2.21. The quantitative estimate of drug-likeness (QED) is 0.347. The van der Waals surface area contributed by atoms with Gasteiger partial charge in [0.15, 0.2) is 11.6 Å². The van der Waals surface area contributed by atoms with E-state index >= 15 is 0 Å². The summed E-state index contributed by atoms with van der Waals surface area (Å²) in [6.45, 7) is 5.04. The van der Waals surface area contributed by atoms with Gasteiger partial charge in [0.25, 0.3) is 0 Å². The second-order valence-corrected chi connectivity index (χ2v) is 10.4. The van der Waals surface area contributed by atoms with E-state index in [-0.39, 0.29) is 11.8 Å². The van der Waals surface area contributed by atoms with E-state index in [1.165, 1.54) is 25.7 Å². The van der Waals surface area contributed by atoms with Crippen molar-refractivity contribution in [2.45, 2.75) is 31.9 Å². The summed E-state index contributed by atoms with van der Waals surface area (Å²) in [7, 11) is -1.08. The van der Waals surface area contributed by atoms with Crippen LogP contribution in [0.5, 0.6) is 11.5 Å². The van der Waals surface area contributed by atoms with Crippen LogP contribution in [0.15, 0.2) is 49.1 Å². The van der Waals surface area contributed by atoms with Crippen molar-refractivity contribution in [2.75, 3.05) is 18.9 Å². The molecule has 0 unspecified atom stereocenters. The van der Waals surface area contributed by atoms with Crippen LogP contribution in [0.2, 0.25) is 0 Å². The lowest BCUT2D eigenvalue weighted by Crippen LogP contribution is -2.31. The molecule has 0 aliphatic carbocycles. The van der Waals surface area contributed by atoms with Crippen LogP contribution in [-0.2, 0) is 10.0 Å². The molecule has 0 radical (unpaired) electrons. The number of aryl methyl sites for hydroxylation is 1. The number of nitrogens with zero attached hydrogens (tertiary/aromatic N) is 6. The molecule has 1 N–H and O–H groups in total. The number of hydrogen-bond donors (Lipinski definition) is 1. The maximum Gasteiger partial charge on any atom is 0.243 e. The number of sulfonamides is 1. The standard InChI is InChI=1S/C24H26FN7O4S/c1-14-9-17(11-26-10-14)23-29-30-24(32(23)21-19(35-4)7-6-8-20(21)36-5)31-37(33,34)16(3)15(2)22-27-12-18(25)13-28-22/h6-13,15-16H,1-5H3,(H,30,31)/t15-,16-/m1/s1. The molecule has 0 amide bonds. The fourth-order valence-corrected chi connectivity index (χ4v) is 4.97. The van der Waals surface area contributed by atoms with Gasteiger partial charge >= 0.3 is 0 Å². The Labute approximate surface area is 213 Å². The molecule has 2 atom stereocenters. The average Bonchev–Trinajstić information content (AvgIpc) is 3.29. The molecule has 194 valence electrons. The Balaban J connectivity index is 1.83. The van der Waals surface area contributed by atoms with Gasteiger partial charge in [-0.1, -0.05) is 13.0 Å². The largest absolute Gasteiger partial charge is 0.494 e. The maximum absolute atomic E-state index is 13.5. The van der Waals surface area contributed by atoms with E-state index in [4.69, 9.17) is 9.47 Å². The van der Waals surface area contributed by atoms with E-state index in [0.29, 0.717) is 28.6 Å².